The predicted octanol–water partition coefficient (Wildman–Crippen LogP) is 1.24. The number of rotatable bonds is 6. The van der Waals surface area contributed by atoms with Crippen LogP contribution < -0.4 is 5.43 Å². The van der Waals surface area contributed by atoms with Gasteiger partial charge in [0.05, 0.1) is 29.3 Å². The third kappa shape index (κ3) is 4.08. The average molecular weight is 347 g/mol. The van der Waals surface area contributed by atoms with Crippen molar-refractivity contribution in [1.82, 2.24) is 25.0 Å². The molecule has 10 heteroatoms. The molecule has 25 heavy (non-hydrogen) atoms. The molecule has 1 atom stereocenters. The van der Waals surface area contributed by atoms with Crippen LogP contribution in [0.3, 0.4) is 0 Å². The van der Waals surface area contributed by atoms with Gasteiger partial charge in [-0.3, -0.25) is 24.3 Å². The maximum Gasteiger partial charge on any atom is 0.312 e. The van der Waals surface area contributed by atoms with Gasteiger partial charge in [0, 0.05) is 18.8 Å². The monoisotopic (exact) mass is 347 g/mol. The first-order valence-electron chi connectivity index (χ1n) is 7.72. The van der Waals surface area contributed by atoms with E-state index in [1.54, 1.807) is 38.7 Å². The molecular weight excluding hydrogens is 326 g/mol. The molecule has 0 spiro atoms. The van der Waals surface area contributed by atoms with E-state index in [4.69, 9.17) is 0 Å². The topological polar surface area (TPSA) is 120 Å². The van der Waals surface area contributed by atoms with Gasteiger partial charge in [0.25, 0.3) is 0 Å². The van der Waals surface area contributed by atoms with E-state index in [9.17, 15) is 14.9 Å². The first-order chi connectivity index (χ1) is 11.7. The highest BCUT2D eigenvalue weighted by Gasteiger charge is 2.24. The summed E-state index contributed by atoms with van der Waals surface area (Å²) in [7, 11) is 1.80. The Morgan fingerprint density at radius 1 is 1.40 bits per heavy atom. The summed E-state index contributed by atoms with van der Waals surface area (Å²) in [6.45, 7) is 6.98. The van der Waals surface area contributed by atoms with Crippen LogP contribution in [0.15, 0.2) is 11.3 Å². The summed E-state index contributed by atoms with van der Waals surface area (Å²) in [6.07, 6.45) is 3.32. The van der Waals surface area contributed by atoms with Gasteiger partial charge in [-0.15, -0.1) is 0 Å². The molecule has 0 bridgehead atoms. The Labute approximate surface area is 144 Å². The number of nitro groups is 1. The molecule has 0 saturated heterocycles. The fourth-order valence-electron chi connectivity index (χ4n) is 2.49. The van der Waals surface area contributed by atoms with Crippen LogP contribution >= 0.6 is 0 Å². The molecule has 0 radical (unpaired) electrons. The number of carbonyl (C=O) groups is 1. The summed E-state index contributed by atoms with van der Waals surface area (Å²) in [5, 5.41) is 23.3. The first-order valence-corrected chi connectivity index (χ1v) is 7.72. The molecule has 10 nitrogen and oxygen atoms in total. The lowest BCUT2D eigenvalue weighted by atomic mass is 10.1. The van der Waals surface area contributed by atoms with E-state index in [0.29, 0.717) is 11.4 Å². The highest BCUT2D eigenvalue weighted by Crippen LogP contribution is 2.22. The van der Waals surface area contributed by atoms with Crippen molar-refractivity contribution >= 4 is 17.8 Å². The normalized spacial score (nSPS) is 12.5. The van der Waals surface area contributed by atoms with Crippen LogP contribution in [0.4, 0.5) is 5.69 Å². The minimum Gasteiger partial charge on any atom is -0.275 e. The smallest absolute Gasteiger partial charge is 0.275 e. The molecule has 0 aromatic carbocycles. The molecule has 0 aliphatic carbocycles. The highest BCUT2D eigenvalue weighted by molar-refractivity contribution is 5.83. The Kier molecular flexibility index (Phi) is 5.30. The fraction of sp³-hybridized carbons (Fsp3) is 0.467. The third-order valence-corrected chi connectivity index (χ3v) is 3.85. The molecule has 0 saturated carbocycles. The molecule has 2 aromatic heterocycles. The molecule has 1 N–H and O–H groups in total. The van der Waals surface area contributed by atoms with Gasteiger partial charge in [-0.2, -0.15) is 15.3 Å². The quantitative estimate of drug-likeness (QED) is 0.479. The van der Waals surface area contributed by atoms with Gasteiger partial charge in [-0.05, 0) is 20.8 Å². The zero-order valence-electron chi connectivity index (χ0n) is 14.8. The number of aromatic nitrogens is 4. The first kappa shape index (κ1) is 18.3. The average Bonchev–Trinajstić information content (AvgIpc) is 2.97. The second-order valence-electron chi connectivity index (χ2n) is 5.94. The maximum absolute atomic E-state index is 12.1. The number of hydrogen-bond acceptors (Lipinski definition) is 6. The van der Waals surface area contributed by atoms with Crippen LogP contribution in [-0.4, -0.2) is 36.6 Å². The van der Waals surface area contributed by atoms with Crippen molar-refractivity contribution in [1.29, 1.82) is 0 Å². The number of carbonyl (C=O) groups excluding carboxylic acids is 1. The fourth-order valence-corrected chi connectivity index (χ4v) is 2.49. The van der Waals surface area contributed by atoms with Crippen molar-refractivity contribution < 1.29 is 9.72 Å². The van der Waals surface area contributed by atoms with Gasteiger partial charge >= 0.3 is 5.69 Å². The second-order valence-corrected chi connectivity index (χ2v) is 5.94. The number of amides is 1. The van der Waals surface area contributed by atoms with Crippen LogP contribution in [-0.2, 0) is 18.4 Å². The lowest BCUT2D eigenvalue weighted by Crippen LogP contribution is -2.28. The van der Waals surface area contributed by atoms with E-state index in [0.717, 1.165) is 11.3 Å². The van der Waals surface area contributed by atoms with Crippen LogP contribution in [0.25, 0.3) is 0 Å². The molecule has 2 aromatic rings. The molecule has 0 aliphatic heterocycles. The molecule has 134 valence electrons. The zero-order chi connectivity index (χ0) is 18.7. The Balaban J connectivity index is 2.00. The van der Waals surface area contributed by atoms with Crippen molar-refractivity contribution in [3.8, 4) is 0 Å². The van der Waals surface area contributed by atoms with E-state index in [-0.39, 0.29) is 18.1 Å². The number of nitrogens with zero attached hydrogens (tertiary/aromatic N) is 6. The Bertz CT molecular complexity index is 835. The van der Waals surface area contributed by atoms with Crippen LogP contribution in [0.5, 0.6) is 0 Å². The maximum atomic E-state index is 12.1. The largest absolute Gasteiger partial charge is 0.312 e. The van der Waals surface area contributed by atoms with Crippen molar-refractivity contribution in [2.75, 3.05) is 0 Å². The highest BCUT2D eigenvalue weighted by atomic mass is 16.6. The van der Waals surface area contributed by atoms with Crippen LogP contribution in [0.2, 0.25) is 0 Å². The van der Waals surface area contributed by atoms with Gasteiger partial charge in [-0.1, -0.05) is 6.92 Å². The molecule has 0 fully saturated rings. The summed E-state index contributed by atoms with van der Waals surface area (Å²) in [5.74, 6) is -0.752. The lowest BCUT2D eigenvalue weighted by molar-refractivity contribution is -0.386. The van der Waals surface area contributed by atoms with Gasteiger partial charge in [-0.25, -0.2) is 5.43 Å². The van der Waals surface area contributed by atoms with Gasteiger partial charge in [0.1, 0.15) is 11.4 Å². The number of hydrazone groups is 1. The molecule has 2 rings (SSSR count). The number of hydrogen-bond donors (Lipinski definition) is 1. The molecule has 2 heterocycles. The second kappa shape index (κ2) is 7.24. The summed E-state index contributed by atoms with van der Waals surface area (Å²) in [5.41, 5.74) is 4.83. The van der Waals surface area contributed by atoms with Crippen molar-refractivity contribution in [3.05, 3.63) is 39.0 Å². The number of aryl methyl sites for hydroxylation is 3. The Morgan fingerprint density at radius 2 is 2.08 bits per heavy atom. The molecular formula is C15H21N7O3. The standard InChI is InChI=1S/C15H21N7O3/c1-9(7-21-12(4)14(22(24)25)11(3)19-21)15(23)17-16-6-13-8-20(5)18-10(13)2/h6,8-9H,7H2,1-5H3,(H,17,23)/b16-6-/t9-/m0/s1. The van der Waals surface area contributed by atoms with E-state index in [2.05, 4.69) is 20.7 Å². The van der Waals surface area contributed by atoms with E-state index in [1.807, 2.05) is 6.92 Å². The SMILES string of the molecule is Cc1nn(C)cc1/C=N\NC(=O)[C@@H](C)Cn1nc(C)c([N+](=O)[O-])c1C. The van der Waals surface area contributed by atoms with E-state index in [1.165, 1.54) is 10.9 Å². The van der Waals surface area contributed by atoms with E-state index >= 15 is 0 Å². The van der Waals surface area contributed by atoms with Crippen LogP contribution in [0, 0.1) is 36.8 Å². The third-order valence-electron chi connectivity index (χ3n) is 3.85. The van der Waals surface area contributed by atoms with Crippen molar-refractivity contribution in [2.24, 2.45) is 18.1 Å². The summed E-state index contributed by atoms with van der Waals surface area (Å²) < 4.78 is 3.14. The zero-order valence-corrected chi connectivity index (χ0v) is 14.8. The van der Waals surface area contributed by atoms with Gasteiger partial charge < -0.3 is 0 Å². The minimum absolute atomic E-state index is 0.0160. The van der Waals surface area contributed by atoms with Crippen molar-refractivity contribution in [3.63, 3.8) is 0 Å². The number of nitrogens with one attached hydrogen (secondary N) is 1. The Hall–Kier alpha value is -3.04. The minimum atomic E-state index is -0.459. The molecule has 1 amide bonds. The Morgan fingerprint density at radius 3 is 2.60 bits per heavy atom. The van der Waals surface area contributed by atoms with Crippen molar-refractivity contribution in [2.45, 2.75) is 34.2 Å². The predicted molar refractivity (Wildman–Crippen MR) is 91.2 cm³/mol. The lowest BCUT2D eigenvalue weighted by Gasteiger charge is -2.10. The molecule has 0 unspecified atom stereocenters. The summed E-state index contributed by atoms with van der Waals surface area (Å²) in [4.78, 5) is 22.7. The summed E-state index contributed by atoms with van der Waals surface area (Å²) >= 11 is 0. The van der Waals surface area contributed by atoms with Gasteiger partial charge in [0.15, 0.2) is 0 Å². The summed E-state index contributed by atoms with van der Waals surface area (Å²) in [6, 6.07) is 0. The van der Waals surface area contributed by atoms with E-state index < -0.39 is 10.8 Å². The van der Waals surface area contributed by atoms with Crippen LogP contribution in [0.1, 0.15) is 29.6 Å². The van der Waals surface area contributed by atoms with Gasteiger partial charge in [0.2, 0.25) is 5.91 Å². The molecule has 0 aliphatic rings.